The van der Waals surface area contributed by atoms with Gasteiger partial charge in [-0.2, -0.15) is 5.10 Å². The smallest absolute Gasteiger partial charge is 0.255 e. The Hall–Kier alpha value is -3.52. The molecular formula is C27H32FN5O2. The van der Waals surface area contributed by atoms with E-state index in [4.69, 9.17) is 0 Å². The first-order valence-electron chi connectivity index (χ1n) is 12.2. The van der Waals surface area contributed by atoms with Crippen LogP contribution in [-0.4, -0.2) is 58.7 Å². The number of carbonyl (C=O) groups excluding carboxylic acids is 2. The Morgan fingerprint density at radius 3 is 2.54 bits per heavy atom. The van der Waals surface area contributed by atoms with Crippen LogP contribution in [0.4, 0.5) is 4.39 Å². The van der Waals surface area contributed by atoms with E-state index in [2.05, 4.69) is 20.6 Å². The van der Waals surface area contributed by atoms with Crippen LogP contribution in [0.25, 0.3) is 16.9 Å². The molecule has 0 aliphatic carbocycles. The molecule has 1 aliphatic heterocycles. The molecular weight excluding hydrogens is 445 g/mol. The van der Waals surface area contributed by atoms with Crippen LogP contribution in [0.3, 0.4) is 0 Å². The maximum absolute atomic E-state index is 13.4. The van der Waals surface area contributed by atoms with Gasteiger partial charge >= 0.3 is 0 Å². The van der Waals surface area contributed by atoms with Crippen molar-refractivity contribution in [1.82, 2.24) is 25.3 Å². The van der Waals surface area contributed by atoms with Gasteiger partial charge in [-0.05, 0) is 56.5 Å². The zero-order chi connectivity index (χ0) is 24.8. The molecule has 2 aromatic carbocycles. The lowest BCUT2D eigenvalue weighted by atomic mass is 10.0. The third-order valence-electron chi connectivity index (χ3n) is 6.20. The first-order valence-corrected chi connectivity index (χ1v) is 12.2. The second-order valence-electron chi connectivity index (χ2n) is 9.06. The normalized spacial score (nSPS) is 14.6. The van der Waals surface area contributed by atoms with Crippen LogP contribution in [0.2, 0.25) is 0 Å². The fourth-order valence-corrected chi connectivity index (χ4v) is 4.29. The first-order chi connectivity index (χ1) is 16.9. The van der Waals surface area contributed by atoms with Crippen LogP contribution in [0.15, 0.2) is 54.7 Å². The summed E-state index contributed by atoms with van der Waals surface area (Å²) in [5, 5.41) is 10.8. The maximum atomic E-state index is 13.4. The average Bonchev–Trinajstić information content (AvgIpc) is 3.30. The molecule has 2 amide bonds. The van der Waals surface area contributed by atoms with Crippen molar-refractivity contribution in [3.05, 3.63) is 71.7 Å². The Kier molecular flexibility index (Phi) is 7.92. The fraction of sp³-hybridized carbons (Fsp3) is 0.370. The standard InChI is InChI=1S/C27H32FN5O2/c1-3-13-29-25(34)18-32-14-11-22(12-15-32)30-27(35)24-17-33(23-9-7-21(28)8-10-23)31-26(24)20-6-4-5-19(2)16-20/h4-10,16-17,22H,3,11-15,18H2,1-2H3,(H,29,34)(H,30,35). The molecule has 1 saturated heterocycles. The number of piperidine rings is 1. The molecule has 0 atom stereocenters. The highest BCUT2D eigenvalue weighted by atomic mass is 19.1. The van der Waals surface area contributed by atoms with Gasteiger partial charge < -0.3 is 10.6 Å². The van der Waals surface area contributed by atoms with Gasteiger partial charge in [0.1, 0.15) is 11.5 Å². The summed E-state index contributed by atoms with van der Waals surface area (Å²) in [5.41, 5.74) is 3.65. The molecule has 4 rings (SSSR count). The molecule has 0 bridgehead atoms. The summed E-state index contributed by atoms with van der Waals surface area (Å²) in [6, 6.07) is 13.9. The zero-order valence-electron chi connectivity index (χ0n) is 20.3. The van der Waals surface area contributed by atoms with Gasteiger partial charge in [-0.25, -0.2) is 9.07 Å². The number of halogens is 1. The summed E-state index contributed by atoms with van der Waals surface area (Å²) in [6.45, 7) is 6.62. The van der Waals surface area contributed by atoms with Gasteiger partial charge in [0.15, 0.2) is 0 Å². The van der Waals surface area contributed by atoms with Gasteiger partial charge in [-0.1, -0.05) is 30.7 Å². The minimum atomic E-state index is -0.327. The summed E-state index contributed by atoms with van der Waals surface area (Å²) >= 11 is 0. The monoisotopic (exact) mass is 477 g/mol. The van der Waals surface area contributed by atoms with E-state index in [9.17, 15) is 14.0 Å². The van der Waals surface area contributed by atoms with Gasteiger partial charge in [0.2, 0.25) is 5.91 Å². The molecule has 0 unspecified atom stereocenters. The van der Waals surface area contributed by atoms with E-state index in [1.165, 1.54) is 12.1 Å². The van der Waals surface area contributed by atoms with Gasteiger partial charge in [-0.15, -0.1) is 0 Å². The largest absolute Gasteiger partial charge is 0.355 e. The Morgan fingerprint density at radius 2 is 1.86 bits per heavy atom. The van der Waals surface area contributed by atoms with E-state index in [0.717, 1.165) is 43.5 Å². The highest BCUT2D eigenvalue weighted by molar-refractivity contribution is 6.00. The van der Waals surface area contributed by atoms with Crippen molar-refractivity contribution >= 4 is 11.8 Å². The topological polar surface area (TPSA) is 79.3 Å². The molecule has 1 aliphatic rings. The third-order valence-corrected chi connectivity index (χ3v) is 6.20. The molecule has 1 fully saturated rings. The number of likely N-dealkylation sites (tertiary alicyclic amines) is 1. The highest BCUT2D eigenvalue weighted by Crippen LogP contribution is 2.25. The van der Waals surface area contributed by atoms with Gasteiger partial charge in [0, 0.05) is 37.4 Å². The Balaban J connectivity index is 1.48. The molecule has 35 heavy (non-hydrogen) atoms. The lowest BCUT2D eigenvalue weighted by molar-refractivity contribution is -0.122. The van der Waals surface area contributed by atoms with Crippen LogP contribution in [0.1, 0.15) is 42.1 Å². The number of carbonyl (C=O) groups is 2. The number of aryl methyl sites for hydroxylation is 1. The Labute approximate surface area is 205 Å². The summed E-state index contributed by atoms with van der Waals surface area (Å²) in [4.78, 5) is 27.5. The summed E-state index contributed by atoms with van der Waals surface area (Å²) in [7, 11) is 0. The van der Waals surface area contributed by atoms with Crippen LogP contribution >= 0.6 is 0 Å². The van der Waals surface area contributed by atoms with E-state index in [1.807, 2.05) is 38.1 Å². The van der Waals surface area contributed by atoms with E-state index in [0.29, 0.717) is 30.0 Å². The summed E-state index contributed by atoms with van der Waals surface area (Å²) < 4.78 is 15.0. The molecule has 8 heteroatoms. The quantitative estimate of drug-likeness (QED) is 0.519. The van der Waals surface area contributed by atoms with E-state index < -0.39 is 0 Å². The van der Waals surface area contributed by atoms with E-state index >= 15 is 0 Å². The van der Waals surface area contributed by atoms with Crippen molar-refractivity contribution in [3.8, 4) is 16.9 Å². The SMILES string of the molecule is CCCNC(=O)CN1CCC(NC(=O)c2cn(-c3ccc(F)cc3)nc2-c2cccc(C)c2)CC1. The number of amides is 2. The number of hydrogen-bond donors (Lipinski definition) is 2. The van der Waals surface area contributed by atoms with E-state index in [-0.39, 0.29) is 23.7 Å². The zero-order valence-corrected chi connectivity index (χ0v) is 20.3. The van der Waals surface area contributed by atoms with Crippen LogP contribution in [0.5, 0.6) is 0 Å². The number of rotatable bonds is 8. The predicted octanol–water partition coefficient (Wildman–Crippen LogP) is 3.71. The third kappa shape index (κ3) is 6.33. The molecule has 2 N–H and O–H groups in total. The second kappa shape index (κ2) is 11.3. The molecule has 2 heterocycles. The van der Waals surface area contributed by atoms with E-state index in [1.54, 1.807) is 23.0 Å². The van der Waals surface area contributed by atoms with Gasteiger partial charge in [0.05, 0.1) is 17.8 Å². The molecule has 184 valence electrons. The highest BCUT2D eigenvalue weighted by Gasteiger charge is 2.25. The minimum Gasteiger partial charge on any atom is -0.355 e. The summed E-state index contributed by atoms with van der Waals surface area (Å²) in [5.74, 6) is -0.466. The molecule has 0 spiro atoms. The van der Waals surface area contributed by atoms with Gasteiger partial charge in [0.25, 0.3) is 5.91 Å². The number of nitrogens with one attached hydrogen (secondary N) is 2. The van der Waals surface area contributed by atoms with Crippen molar-refractivity contribution in [3.63, 3.8) is 0 Å². The van der Waals surface area contributed by atoms with Gasteiger partial charge in [-0.3, -0.25) is 14.5 Å². The molecule has 0 saturated carbocycles. The Bertz CT molecular complexity index is 1170. The molecule has 0 radical (unpaired) electrons. The Morgan fingerprint density at radius 1 is 1.11 bits per heavy atom. The molecule has 1 aromatic heterocycles. The maximum Gasteiger partial charge on any atom is 0.255 e. The minimum absolute atomic E-state index is 0.0250. The van der Waals surface area contributed by atoms with Crippen molar-refractivity contribution in [2.75, 3.05) is 26.2 Å². The predicted molar refractivity (Wildman–Crippen MR) is 134 cm³/mol. The van der Waals surface area contributed by atoms with Crippen molar-refractivity contribution in [2.45, 2.75) is 39.2 Å². The van der Waals surface area contributed by atoms with Crippen molar-refractivity contribution in [2.24, 2.45) is 0 Å². The number of benzene rings is 2. The molecule has 7 nitrogen and oxygen atoms in total. The fourth-order valence-electron chi connectivity index (χ4n) is 4.29. The summed E-state index contributed by atoms with van der Waals surface area (Å²) in [6.07, 6.45) is 4.17. The average molecular weight is 478 g/mol. The van der Waals surface area contributed by atoms with Crippen LogP contribution in [-0.2, 0) is 4.79 Å². The van der Waals surface area contributed by atoms with Crippen molar-refractivity contribution in [1.29, 1.82) is 0 Å². The second-order valence-corrected chi connectivity index (χ2v) is 9.06. The molecule has 3 aromatic rings. The van der Waals surface area contributed by atoms with Crippen LogP contribution < -0.4 is 10.6 Å². The lowest BCUT2D eigenvalue weighted by Gasteiger charge is -2.31. The number of hydrogen-bond acceptors (Lipinski definition) is 4. The van der Waals surface area contributed by atoms with Crippen molar-refractivity contribution < 1.29 is 14.0 Å². The number of aromatic nitrogens is 2. The number of nitrogens with zero attached hydrogens (tertiary/aromatic N) is 3. The first kappa shape index (κ1) is 24.6. The lowest BCUT2D eigenvalue weighted by Crippen LogP contribution is -2.47. The van der Waals surface area contributed by atoms with Crippen LogP contribution in [0, 0.1) is 12.7 Å².